The highest BCUT2D eigenvalue weighted by molar-refractivity contribution is 6.30. The van der Waals surface area contributed by atoms with E-state index in [-0.39, 0.29) is 36.9 Å². The second-order valence-corrected chi connectivity index (χ2v) is 13.3. The third-order valence-corrected chi connectivity index (χ3v) is 8.05. The van der Waals surface area contributed by atoms with Crippen molar-refractivity contribution >= 4 is 35.7 Å². The van der Waals surface area contributed by atoms with E-state index in [0.717, 1.165) is 25.7 Å². The summed E-state index contributed by atoms with van der Waals surface area (Å²) in [5.41, 5.74) is 0.911. The molecule has 0 saturated heterocycles. The van der Waals surface area contributed by atoms with Gasteiger partial charge >= 0.3 is 18.2 Å². The summed E-state index contributed by atoms with van der Waals surface area (Å²) in [5, 5.41) is 6.19. The van der Waals surface area contributed by atoms with Crippen molar-refractivity contribution in [1.82, 2.24) is 15.5 Å². The van der Waals surface area contributed by atoms with Crippen LogP contribution in [0.5, 0.6) is 0 Å². The van der Waals surface area contributed by atoms with Crippen LogP contribution in [0.15, 0.2) is 42.5 Å². The van der Waals surface area contributed by atoms with Crippen LogP contribution in [0.1, 0.15) is 97.2 Å². The SMILES string of the molecule is COC(=O)NCCOC(c1cccc(Cl)c1)c1cc(C(=O)NC(CC2CCCCC2)CN(C)C(=O)OC(C)(C)C)cc(C(=O)OC)c1. The minimum atomic E-state index is -0.749. The molecule has 3 amide bonds. The van der Waals surface area contributed by atoms with Crippen LogP contribution in [0.2, 0.25) is 5.02 Å². The van der Waals surface area contributed by atoms with Gasteiger partial charge in [-0.05, 0) is 74.6 Å². The van der Waals surface area contributed by atoms with Gasteiger partial charge in [-0.1, -0.05) is 55.8 Å². The molecule has 0 spiro atoms. The molecule has 2 aromatic rings. The molecule has 0 aliphatic heterocycles. The number of hydrogen-bond acceptors (Lipinski definition) is 8. The second-order valence-electron chi connectivity index (χ2n) is 12.8. The Hall–Kier alpha value is -3.83. The standard InChI is InChI=1S/C35H48ClN3O8/c1-35(2,3)47-34(43)39(4)22-29(17-23-11-8-7-9-12-23)38-31(40)26-18-25(19-27(20-26)32(41)44-5)30(24-13-10-14-28(36)21-24)46-16-15-37-33(42)45-6/h10,13-14,18-21,23,29-30H,7-9,11-12,15-17,22H2,1-6H3,(H,37,42)(H,38,40). The molecule has 0 heterocycles. The molecule has 2 atom stereocenters. The van der Waals surface area contributed by atoms with Crippen LogP contribution < -0.4 is 10.6 Å². The Labute approximate surface area is 282 Å². The Bertz CT molecular complexity index is 1370. The normalized spacial score (nSPS) is 14.8. The molecule has 2 N–H and O–H groups in total. The van der Waals surface area contributed by atoms with E-state index in [9.17, 15) is 19.2 Å². The molecule has 1 aliphatic carbocycles. The average molecular weight is 674 g/mol. The lowest BCUT2D eigenvalue weighted by molar-refractivity contribution is 0.0274. The highest BCUT2D eigenvalue weighted by Gasteiger charge is 2.27. The number of methoxy groups -OCH3 is 2. The van der Waals surface area contributed by atoms with E-state index < -0.39 is 35.8 Å². The lowest BCUT2D eigenvalue weighted by Gasteiger charge is -2.31. The maximum atomic E-state index is 14.0. The number of ether oxygens (including phenoxy) is 4. The van der Waals surface area contributed by atoms with E-state index in [0.29, 0.717) is 28.5 Å². The topological polar surface area (TPSA) is 132 Å². The Morgan fingerprint density at radius 1 is 0.957 bits per heavy atom. The van der Waals surface area contributed by atoms with Crippen LogP contribution in [0.4, 0.5) is 9.59 Å². The summed E-state index contributed by atoms with van der Waals surface area (Å²) in [5.74, 6) is -0.619. The van der Waals surface area contributed by atoms with E-state index >= 15 is 0 Å². The highest BCUT2D eigenvalue weighted by Crippen LogP contribution is 2.31. The number of halogens is 1. The number of esters is 1. The molecule has 2 unspecified atom stereocenters. The summed E-state index contributed by atoms with van der Waals surface area (Å²) in [6, 6.07) is 11.4. The minimum absolute atomic E-state index is 0.0940. The summed E-state index contributed by atoms with van der Waals surface area (Å²) >= 11 is 6.32. The van der Waals surface area contributed by atoms with Crippen LogP contribution in [0.3, 0.4) is 0 Å². The fraction of sp³-hybridized carbons (Fsp3) is 0.543. The van der Waals surface area contributed by atoms with E-state index in [4.69, 9.17) is 25.8 Å². The zero-order valence-corrected chi connectivity index (χ0v) is 29.0. The first kappa shape index (κ1) is 37.6. The van der Waals surface area contributed by atoms with Gasteiger partial charge in [0.15, 0.2) is 0 Å². The molecule has 12 heteroatoms. The molecule has 11 nitrogen and oxygen atoms in total. The van der Waals surface area contributed by atoms with Crippen LogP contribution >= 0.6 is 11.6 Å². The lowest BCUT2D eigenvalue weighted by atomic mass is 9.84. The molecule has 0 radical (unpaired) electrons. The van der Waals surface area contributed by atoms with E-state index in [2.05, 4.69) is 15.4 Å². The van der Waals surface area contributed by atoms with Gasteiger partial charge in [-0.25, -0.2) is 14.4 Å². The van der Waals surface area contributed by atoms with Crippen molar-refractivity contribution in [3.63, 3.8) is 0 Å². The molecule has 2 aromatic carbocycles. The summed E-state index contributed by atoms with van der Waals surface area (Å²) in [7, 11) is 4.20. The minimum Gasteiger partial charge on any atom is -0.465 e. The Kier molecular flexibility index (Phi) is 14.3. The van der Waals surface area contributed by atoms with Crippen molar-refractivity contribution in [2.45, 2.75) is 77.0 Å². The number of likely N-dealkylation sites (N-methyl/N-ethyl adjacent to an activating group) is 1. The van der Waals surface area contributed by atoms with Crippen LogP contribution in [-0.4, -0.2) is 81.6 Å². The van der Waals surface area contributed by atoms with Crippen molar-refractivity contribution in [2.75, 3.05) is 41.0 Å². The first-order valence-electron chi connectivity index (χ1n) is 16.0. The summed E-state index contributed by atoms with van der Waals surface area (Å²) in [6.07, 6.45) is 4.48. The predicted molar refractivity (Wildman–Crippen MR) is 179 cm³/mol. The van der Waals surface area contributed by atoms with E-state index in [1.165, 1.54) is 31.6 Å². The molecule has 0 aromatic heterocycles. The molecule has 1 fully saturated rings. The Morgan fingerprint density at radius 3 is 2.30 bits per heavy atom. The van der Waals surface area contributed by atoms with Gasteiger partial charge in [-0.15, -0.1) is 0 Å². The lowest BCUT2D eigenvalue weighted by Crippen LogP contribution is -2.46. The number of nitrogens with one attached hydrogen (secondary N) is 2. The van der Waals surface area contributed by atoms with E-state index in [1.54, 1.807) is 37.4 Å². The third-order valence-electron chi connectivity index (χ3n) is 7.81. The maximum absolute atomic E-state index is 14.0. The van der Waals surface area contributed by atoms with Crippen molar-refractivity contribution in [3.05, 3.63) is 69.7 Å². The first-order valence-corrected chi connectivity index (χ1v) is 16.3. The van der Waals surface area contributed by atoms with Crippen molar-refractivity contribution in [2.24, 2.45) is 5.92 Å². The van der Waals surface area contributed by atoms with Crippen molar-refractivity contribution < 1.29 is 38.1 Å². The zero-order valence-electron chi connectivity index (χ0n) is 28.2. The quantitative estimate of drug-likeness (QED) is 0.139. The predicted octanol–water partition coefficient (Wildman–Crippen LogP) is 6.52. The molecule has 1 saturated carbocycles. The molecular formula is C35H48ClN3O8. The number of benzene rings is 2. The van der Waals surface area contributed by atoms with Crippen molar-refractivity contribution in [3.8, 4) is 0 Å². The largest absolute Gasteiger partial charge is 0.465 e. The van der Waals surface area contributed by atoms with Gasteiger partial charge < -0.3 is 34.5 Å². The summed E-state index contributed by atoms with van der Waals surface area (Å²) in [4.78, 5) is 52.6. The van der Waals surface area contributed by atoms with Gasteiger partial charge in [-0.2, -0.15) is 0 Å². The fourth-order valence-electron chi connectivity index (χ4n) is 5.64. The highest BCUT2D eigenvalue weighted by atomic mass is 35.5. The van der Waals surface area contributed by atoms with Gasteiger partial charge in [0.05, 0.1) is 26.4 Å². The molecule has 47 heavy (non-hydrogen) atoms. The van der Waals surface area contributed by atoms with Crippen molar-refractivity contribution in [1.29, 1.82) is 0 Å². The Morgan fingerprint density at radius 2 is 1.66 bits per heavy atom. The van der Waals surface area contributed by atoms with Gasteiger partial charge in [0.2, 0.25) is 0 Å². The van der Waals surface area contributed by atoms with Crippen LogP contribution in [0, 0.1) is 5.92 Å². The monoisotopic (exact) mass is 673 g/mol. The van der Waals surface area contributed by atoms with Gasteiger partial charge in [0.1, 0.15) is 11.7 Å². The number of carbonyl (C=O) groups excluding carboxylic acids is 4. The molecule has 258 valence electrons. The molecule has 3 rings (SSSR count). The van der Waals surface area contributed by atoms with Gasteiger partial charge in [-0.3, -0.25) is 4.79 Å². The average Bonchev–Trinajstić information content (AvgIpc) is 3.03. The molecule has 1 aliphatic rings. The number of amides is 3. The fourth-order valence-corrected chi connectivity index (χ4v) is 5.84. The van der Waals surface area contributed by atoms with Crippen LogP contribution in [0.25, 0.3) is 0 Å². The number of nitrogens with zero attached hydrogens (tertiary/aromatic N) is 1. The first-order chi connectivity index (χ1) is 22.3. The number of carbonyl (C=O) groups is 4. The van der Waals surface area contributed by atoms with Crippen LogP contribution in [-0.2, 0) is 18.9 Å². The zero-order chi connectivity index (χ0) is 34.6. The maximum Gasteiger partial charge on any atom is 0.410 e. The third kappa shape index (κ3) is 12.4. The number of rotatable bonds is 13. The number of hydrogen-bond donors (Lipinski definition) is 2. The smallest absolute Gasteiger partial charge is 0.410 e. The van der Waals surface area contributed by atoms with Gasteiger partial charge in [0.25, 0.3) is 5.91 Å². The van der Waals surface area contributed by atoms with Gasteiger partial charge in [0, 0.05) is 36.8 Å². The second kappa shape index (κ2) is 17.9. The molecule has 0 bridgehead atoms. The van der Waals surface area contributed by atoms with E-state index in [1.807, 2.05) is 26.8 Å². The number of alkyl carbamates (subject to hydrolysis) is 1. The summed E-state index contributed by atoms with van der Waals surface area (Å²) < 4.78 is 21.4. The molecular weight excluding hydrogens is 626 g/mol. The Balaban J connectivity index is 1.94. The summed E-state index contributed by atoms with van der Waals surface area (Å²) in [6.45, 7) is 5.92.